The van der Waals surface area contributed by atoms with Crippen LogP contribution >= 0.6 is 0 Å². The van der Waals surface area contributed by atoms with E-state index in [1.54, 1.807) is 43.1 Å². The molecule has 0 radical (unpaired) electrons. The number of aryl methyl sites for hydroxylation is 4. The highest BCUT2D eigenvalue weighted by Crippen LogP contribution is 2.26. The van der Waals surface area contributed by atoms with Crippen molar-refractivity contribution in [2.24, 2.45) is 0 Å². The van der Waals surface area contributed by atoms with Crippen molar-refractivity contribution in [2.75, 3.05) is 27.9 Å². The normalized spacial score (nSPS) is 10.9. The second-order valence-corrected chi connectivity index (χ2v) is 15.2. The predicted octanol–water partition coefficient (Wildman–Crippen LogP) is 8.04. The van der Waals surface area contributed by atoms with Crippen LogP contribution in [0.4, 0.5) is 34.6 Å². The van der Waals surface area contributed by atoms with Gasteiger partial charge < -0.3 is 21.7 Å². The standard InChI is InChI=1S/C25H23N5O3S.C17H17N5/c1-16-12-19(15-26-14-16)22-10-11-27-25(29-22)30-23-13-20(7-4-17(23)2)28-24(31)18-5-8-21(9-6-18)34(3,32)33;1-11-7-13(10-19-9-11)15-5-6-20-17(21-15)22-16-8-14(18)4-3-12(16)2/h4-15H,1-3H3,(H,28,31)(H,27,29,30);3-10H,18H2,1-2H3,(H,20,21,22). The molecule has 7 aromatic rings. The Morgan fingerprint density at radius 2 is 1.14 bits per heavy atom. The monoisotopic (exact) mass is 764 g/mol. The minimum Gasteiger partial charge on any atom is -0.399 e. The molecule has 4 aromatic heterocycles. The van der Waals surface area contributed by atoms with Crippen LogP contribution in [0.15, 0.2) is 127 Å². The fourth-order valence-electron chi connectivity index (χ4n) is 5.46. The van der Waals surface area contributed by atoms with E-state index < -0.39 is 9.84 Å². The number of nitrogens with one attached hydrogen (secondary N) is 3. The summed E-state index contributed by atoms with van der Waals surface area (Å²) in [5.41, 5.74) is 16.7. The van der Waals surface area contributed by atoms with Crippen LogP contribution in [0, 0.1) is 27.7 Å². The summed E-state index contributed by atoms with van der Waals surface area (Å²) >= 11 is 0. The Morgan fingerprint density at radius 3 is 1.66 bits per heavy atom. The minimum absolute atomic E-state index is 0.162. The average molecular weight is 765 g/mol. The molecule has 0 saturated heterocycles. The maximum atomic E-state index is 12.6. The molecule has 0 atom stereocenters. The van der Waals surface area contributed by atoms with Crippen LogP contribution < -0.4 is 21.7 Å². The maximum absolute atomic E-state index is 12.6. The highest BCUT2D eigenvalue weighted by Gasteiger charge is 2.12. The third-order valence-corrected chi connectivity index (χ3v) is 9.58. The maximum Gasteiger partial charge on any atom is 0.255 e. The number of nitrogen functional groups attached to an aromatic ring is 1. The Bertz CT molecular complexity index is 2630. The highest BCUT2D eigenvalue weighted by molar-refractivity contribution is 7.90. The number of hydrogen-bond donors (Lipinski definition) is 4. The van der Waals surface area contributed by atoms with Gasteiger partial charge in [0.1, 0.15) is 0 Å². The van der Waals surface area contributed by atoms with Crippen LogP contribution in [0.25, 0.3) is 22.5 Å². The molecular formula is C42H40N10O3S. The van der Waals surface area contributed by atoms with E-state index >= 15 is 0 Å². The first kappa shape index (κ1) is 38.7. The van der Waals surface area contributed by atoms with E-state index in [9.17, 15) is 13.2 Å². The molecule has 0 fully saturated rings. The van der Waals surface area contributed by atoms with Crippen molar-refractivity contribution in [1.29, 1.82) is 0 Å². The Labute approximate surface area is 325 Å². The van der Waals surface area contributed by atoms with Gasteiger partial charge in [-0.15, -0.1) is 0 Å². The number of hydrogen-bond acceptors (Lipinski definition) is 12. The fraction of sp³-hybridized carbons (Fsp3) is 0.119. The van der Waals surface area contributed by atoms with Gasteiger partial charge in [0.25, 0.3) is 5.91 Å². The van der Waals surface area contributed by atoms with Crippen LogP contribution in [-0.4, -0.2) is 50.5 Å². The van der Waals surface area contributed by atoms with Crippen LogP contribution in [0.5, 0.6) is 0 Å². The topological polar surface area (TPSA) is 191 Å². The second-order valence-electron chi connectivity index (χ2n) is 13.1. The zero-order valence-electron chi connectivity index (χ0n) is 31.4. The number of amides is 1. The van der Waals surface area contributed by atoms with E-state index in [0.717, 1.165) is 62.4 Å². The molecule has 0 saturated carbocycles. The molecule has 0 bridgehead atoms. The van der Waals surface area contributed by atoms with Crippen LogP contribution in [-0.2, 0) is 9.84 Å². The number of rotatable bonds is 9. The van der Waals surface area contributed by atoms with Crippen molar-refractivity contribution in [3.8, 4) is 22.5 Å². The van der Waals surface area contributed by atoms with Crippen molar-refractivity contribution in [3.63, 3.8) is 0 Å². The number of benzene rings is 3. The van der Waals surface area contributed by atoms with Gasteiger partial charge in [0, 0.05) is 82.9 Å². The van der Waals surface area contributed by atoms with Gasteiger partial charge in [0.05, 0.1) is 16.3 Å². The first-order valence-corrected chi connectivity index (χ1v) is 19.3. The number of aromatic nitrogens is 6. The Hall–Kier alpha value is -7.06. The Morgan fingerprint density at radius 1 is 0.625 bits per heavy atom. The van der Waals surface area contributed by atoms with E-state index in [2.05, 4.69) is 45.9 Å². The molecule has 0 aliphatic heterocycles. The number of carbonyl (C=O) groups is 1. The van der Waals surface area contributed by atoms with Gasteiger partial charge in [-0.2, -0.15) is 0 Å². The van der Waals surface area contributed by atoms with Crippen molar-refractivity contribution in [2.45, 2.75) is 32.6 Å². The van der Waals surface area contributed by atoms with Crippen LogP contribution in [0.2, 0.25) is 0 Å². The summed E-state index contributed by atoms with van der Waals surface area (Å²) in [6.45, 7) is 7.93. The lowest BCUT2D eigenvalue weighted by Gasteiger charge is -2.12. The average Bonchev–Trinajstić information content (AvgIpc) is 3.18. The molecule has 56 heavy (non-hydrogen) atoms. The first-order chi connectivity index (χ1) is 26.8. The number of carbonyl (C=O) groups excluding carboxylic acids is 1. The van der Waals surface area contributed by atoms with Crippen molar-refractivity contribution < 1.29 is 13.2 Å². The lowest BCUT2D eigenvalue weighted by molar-refractivity contribution is 0.102. The molecule has 3 aromatic carbocycles. The van der Waals surface area contributed by atoms with Gasteiger partial charge in [-0.25, -0.2) is 28.4 Å². The molecule has 0 aliphatic rings. The summed E-state index contributed by atoms with van der Waals surface area (Å²) in [5.74, 6) is 0.606. The second kappa shape index (κ2) is 17.0. The van der Waals surface area contributed by atoms with Crippen molar-refractivity contribution >= 4 is 50.4 Å². The minimum atomic E-state index is -3.32. The molecule has 1 amide bonds. The Balaban J connectivity index is 0.000000208. The molecule has 0 spiro atoms. The molecule has 5 N–H and O–H groups in total. The lowest BCUT2D eigenvalue weighted by Crippen LogP contribution is -2.12. The molecule has 0 unspecified atom stereocenters. The Kier molecular flexibility index (Phi) is 11.7. The van der Waals surface area contributed by atoms with Gasteiger partial charge in [-0.3, -0.25) is 14.8 Å². The van der Waals surface area contributed by atoms with Crippen LogP contribution in [0.1, 0.15) is 32.6 Å². The van der Waals surface area contributed by atoms with E-state index in [1.165, 1.54) is 24.3 Å². The number of pyridine rings is 2. The summed E-state index contributed by atoms with van der Waals surface area (Å²) in [6.07, 6.45) is 11.7. The summed E-state index contributed by atoms with van der Waals surface area (Å²) in [6, 6.07) is 24.7. The molecule has 14 heteroatoms. The van der Waals surface area contributed by atoms with Gasteiger partial charge >= 0.3 is 0 Å². The van der Waals surface area contributed by atoms with E-state index in [0.29, 0.717) is 28.8 Å². The summed E-state index contributed by atoms with van der Waals surface area (Å²) in [4.78, 5) is 38.9. The molecule has 7 rings (SSSR count). The van der Waals surface area contributed by atoms with Crippen molar-refractivity contribution in [3.05, 3.63) is 150 Å². The van der Waals surface area contributed by atoms with Crippen molar-refractivity contribution in [1.82, 2.24) is 29.9 Å². The predicted molar refractivity (Wildman–Crippen MR) is 221 cm³/mol. The molecule has 4 heterocycles. The zero-order chi connectivity index (χ0) is 39.8. The summed E-state index contributed by atoms with van der Waals surface area (Å²) in [5, 5.41) is 9.26. The van der Waals surface area contributed by atoms with E-state index in [4.69, 9.17) is 5.73 Å². The number of nitrogens with zero attached hydrogens (tertiary/aromatic N) is 6. The number of sulfone groups is 1. The molecular weight excluding hydrogens is 725 g/mol. The van der Waals surface area contributed by atoms with E-state index in [-0.39, 0.29) is 10.8 Å². The summed E-state index contributed by atoms with van der Waals surface area (Å²) in [7, 11) is -3.32. The van der Waals surface area contributed by atoms with Gasteiger partial charge in [-0.1, -0.05) is 12.1 Å². The zero-order valence-corrected chi connectivity index (χ0v) is 32.3. The highest BCUT2D eigenvalue weighted by atomic mass is 32.2. The molecule has 0 aliphatic carbocycles. The van der Waals surface area contributed by atoms with Gasteiger partial charge in [-0.05, 0) is 123 Å². The number of nitrogens with two attached hydrogens (primary N) is 1. The van der Waals surface area contributed by atoms with Crippen LogP contribution in [0.3, 0.4) is 0 Å². The molecule has 282 valence electrons. The quantitative estimate of drug-likeness (QED) is 0.104. The third kappa shape index (κ3) is 10.1. The largest absolute Gasteiger partial charge is 0.399 e. The SMILES string of the molecule is Cc1cncc(-c2ccnc(Nc3cc(N)ccc3C)n2)c1.Cc1cncc(-c2ccnc(Nc3cc(NC(=O)c4ccc(S(C)(=O)=O)cc4)ccc3C)n2)c1. The first-order valence-electron chi connectivity index (χ1n) is 17.4. The molecule has 13 nitrogen and oxygen atoms in total. The van der Waals surface area contributed by atoms with Gasteiger partial charge in [0.2, 0.25) is 11.9 Å². The smallest absolute Gasteiger partial charge is 0.255 e. The third-order valence-electron chi connectivity index (χ3n) is 8.45. The summed E-state index contributed by atoms with van der Waals surface area (Å²) < 4.78 is 23.2. The van der Waals surface area contributed by atoms with Gasteiger partial charge in [0.15, 0.2) is 9.84 Å². The lowest BCUT2D eigenvalue weighted by atomic mass is 10.1. The number of anilines is 6. The fourth-order valence-corrected chi connectivity index (χ4v) is 6.09. The van der Waals surface area contributed by atoms with E-state index in [1.807, 2.05) is 82.4 Å².